The summed E-state index contributed by atoms with van der Waals surface area (Å²) in [6.45, 7) is 1.79. The van der Waals surface area contributed by atoms with Gasteiger partial charge in [-0.1, -0.05) is 23.2 Å². The smallest absolute Gasteiger partial charge is 0.222 e. The van der Waals surface area contributed by atoms with Gasteiger partial charge in [0.05, 0.1) is 10.7 Å². The Morgan fingerprint density at radius 3 is 2.60 bits per heavy atom. The molecule has 1 fully saturated rings. The van der Waals surface area contributed by atoms with E-state index in [1.54, 1.807) is 18.2 Å². The number of hydrogen-bond acceptors (Lipinski definition) is 1. The molecular weight excluding hydrogens is 297 g/mol. The number of rotatable bonds is 1. The lowest BCUT2D eigenvalue weighted by molar-refractivity contribution is 0.339. The molecule has 1 saturated heterocycles. The Balaban J connectivity index is 2.00. The van der Waals surface area contributed by atoms with Crippen LogP contribution < -0.4 is 11.1 Å². The predicted molar refractivity (Wildman–Crippen MR) is 84.9 cm³/mol. The fourth-order valence-electron chi connectivity index (χ4n) is 2.05. The lowest BCUT2D eigenvalue weighted by Gasteiger charge is -2.27. The molecule has 2 rings (SSSR count). The minimum absolute atomic E-state index is 0.0442. The molecule has 1 aromatic carbocycles. The summed E-state index contributed by atoms with van der Waals surface area (Å²) in [6, 6.07) is 5.00. The first-order valence-electron chi connectivity index (χ1n) is 6.46. The van der Waals surface area contributed by atoms with E-state index in [0.29, 0.717) is 21.7 Å². The van der Waals surface area contributed by atoms with Gasteiger partial charge in [0.2, 0.25) is 5.96 Å². The van der Waals surface area contributed by atoms with Crippen molar-refractivity contribution in [1.29, 1.82) is 5.41 Å². The number of aliphatic imine (C=N–C) groups is 1. The standard InChI is InChI=1S/C13H17Cl2N5/c14-9-4-5-11(10(15)8-9)18-12(16)19-13(17)20-6-2-1-3-7-20/h4-5,8H,1-3,6-7H2,(H4,16,17,18,19). The van der Waals surface area contributed by atoms with Crippen LogP contribution in [0.25, 0.3) is 0 Å². The summed E-state index contributed by atoms with van der Waals surface area (Å²) in [4.78, 5) is 6.05. The number of nitrogens with one attached hydrogen (secondary N) is 2. The highest BCUT2D eigenvalue weighted by Gasteiger charge is 2.12. The van der Waals surface area contributed by atoms with Crippen molar-refractivity contribution in [3.05, 3.63) is 28.2 Å². The van der Waals surface area contributed by atoms with Crippen molar-refractivity contribution >= 4 is 40.8 Å². The van der Waals surface area contributed by atoms with E-state index < -0.39 is 0 Å². The highest BCUT2D eigenvalue weighted by molar-refractivity contribution is 6.36. The van der Waals surface area contributed by atoms with E-state index in [9.17, 15) is 0 Å². The van der Waals surface area contributed by atoms with Crippen LogP contribution >= 0.6 is 23.2 Å². The molecule has 1 aliphatic rings. The van der Waals surface area contributed by atoms with Gasteiger partial charge in [0.1, 0.15) is 0 Å². The second kappa shape index (κ2) is 6.81. The van der Waals surface area contributed by atoms with Crippen molar-refractivity contribution in [2.75, 3.05) is 18.4 Å². The molecule has 0 unspecified atom stereocenters. The maximum Gasteiger partial charge on any atom is 0.222 e. The quantitative estimate of drug-likeness (QED) is 0.550. The van der Waals surface area contributed by atoms with Gasteiger partial charge in [0, 0.05) is 18.1 Å². The summed E-state index contributed by atoms with van der Waals surface area (Å²) >= 11 is 11.8. The van der Waals surface area contributed by atoms with Crippen molar-refractivity contribution in [2.45, 2.75) is 19.3 Å². The summed E-state index contributed by atoms with van der Waals surface area (Å²) in [6.07, 6.45) is 3.44. The number of piperidine rings is 1. The van der Waals surface area contributed by atoms with Gasteiger partial charge in [-0.2, -0.15) is 4.99 Å². The minimum Gasteiger partial charge on any atom is -0.369 e. The van der Waals surface area contributed by atoms with Crippen molar-refractivity contribution in [2.24, 2.45) is 10.7 Å². The van der Waals surface area contributed by atoms with Gasteiger partial charge >= 0.3 is 0 Å². The Kier molecular flexibility index (Phi) is 5.09. The third-order valence-electron chi connectivity index (χ3n) is 3.09. The van der Waals surface area contributed by atoms with Gasteiger partial charge < -0.3 is 16.0 Å². The lowest BCUT2D eigenvalue weighted by Crippen LogP contribution is -2.41. The van der Waals surface area contributed by atoms with Crippen LogP contribution in [0.2, 0.25) is 10.0 Å². The van der Waals surface area contributed by atoms with Crippen LogP contribution in [0.1, 0.15) is 19.3 Å². The van der Waals surface area contributed by atoms with Gasteiger partial charge in [0.25, 0.3) is 0 Å². The fourth-order valence-corrected chi connectivity index (χ4v) is 2.51. The molecule has 0 aliphatic carbocycles. The fraction of sp³-hybridized carbons (Fsp3) is 0.385. The first kappa shape index (κ1) is 14.9. The molecule has 20 heavy (non-hydrogen) atoms. The van der Waals surface area contributed by atoms with E-state index in [-0.39, 0.29) is 5.96 Å². The van der Waals surface area contributed by atoms with E-state index in [0.717, 1.165) is 25.9 Å². The van der Waals surface area contributed by atoms with Gasteiger partial charge in [-0.15, -0.1) is 0 Å². The first-order chi connectivity index (χ1) is 9.56. The third-order valence-corrected chi connectivity index (χ3v) is 3.64. The van der Waals surface area contributed by atoms with E-state index in [2.05, 4.69) is 10.3 Å². The number of likely N-dealkylation sites (tertiary alicyclic amines) is 1. The van der Waals surface area contributed by atoms with Crippen molar-refractivity contribution in [1.82, 2.24) is 4.90 Å². The predicted octanol–water partition coefficient (Wildman–Crippen LogP) is 3.14. The largest absolute Gasteiger partial charge is 0.369 e. The maximum absolute atomic E-state index is 7.83. The normalized spacial score (nSPS) is 16.1. The second-order valence-corrected chi connectivity index (χ2v) is 5.46. The Bertz CT molecular complexity index is 523. The van der Waals surface area contributed by atoms with E-state index in [1.807, 2.05) is 4.90 Å². The molecule has 7 heteroatoms. The molecule has 0 radical (unpaired) electrons. The number of nitrogens with two attached hydrogens (primary N) is 1. The highest BCUT2D eigenvalue weighted by Crippen LogP contribution is 2.25. The van der Waals surface area contributed by atoms with Crippen LogP contribution in [0.3, 0.4) is 0 Å². The summed E-state index contributed by atoms with van der Waals surface area (Å²) in [5, 5.41) is 11.6. The SMILES string of the molecule is N=C(N=C(N)N1CCCCC1)Nc1ccc(Cl)cc1Cl. The van der Waals surface area contributed by atoms with Crippen molar-refractivity contribution in [3.8, 4) is 0 Å². The zero-order chi connectivity index (χ0) is 14.5. The molecular formula is C13H17Cl2N5. The molecule has 1 aromatic rings. The number of guanidine groups is 2. The number of halogens is 2. The molecule has 0 aromatic heterocycles. The van der Waals surface area contributed by atoms with Crippen LogP contribution in [0, 0.1) is 5.41 Å². The molecule has 0 saturated carbocycles. The number of nitrogens with zero attached hydrogens (tertiary/aromatic N) is 2. The number of benzene rings is 1. The lowest BCUT2D eigenvalue weighted by atomic mass is 10.1. The molecule has 0 atom stereocenters. The van der Waals surface area contributed by atoms with Crippen LogP contribution in [0.5, 0.6) is 0 Å². The number of anilines is 1. The van der Waals surface area contributed by atoms with Crippen molar-refractivity contribution < 1.29 is 0 Å². The van der Waals surface area contributed by atoms with Gasteiger partial charge in [0.15, 0.2) is 5.96 Å². The molecule has 4 N–H and O–H groups in total. The summed E-state index contributed by atoms with van der Waals surface area (Å²) in [5.41, 5.74) is 6.49. The van der Waals surface area contributed by atoms with Gasteiger partial charge in [-0.05, 0) is 37.5 Å². The minimum atomic E-state index is -0.0442. The molecule has 0 amide bonds. The number of hydrogen-bond donors (Lipinski definition) is 3. The monoisotopic (exact) mass is 313 g/mol. The van der Waals surface area contributed by atoms with Gasteiger partial charge in [-0.25, -0.2) is 0 Å². The van der Waals surface area contributed by atoms with Crippen LogP contribution in [-0.4, -0.2) is 29.9 Å². The summed E-state index contributed by atoms with van der Waals surface area (Å²) in [5.74, 6) is 0.324. The maximum atomic E-state index is 7.83. The van der Waals surface area contributed by atoms with Crippen molar-refractivity contribution in [3.63, 3.8) is 0 Å². The summed E-state index contributed by atoms with van der Waals surface area (Å²) < 4.78 is 0. The van der Waals surface area contributed by atoms with Crippen LogP contribution in [-0.2, 0) is 0 Å². The second-order valence-electron chi connectivity index (χ2n) is 4.62. The van der Waals surface area contributed by atoms with Crippen LogP contribution in [0.15, 0.2) is 23.2 Å². The first-order valence-corrected chi connectivity index (χ1v) is 7.21. The molecule has 0 bridgehead atoms. The van der Waals surface area contributed by atoms with E-state index >= 15 is 0 Å². The topological polar surface area (TPSA) is 77.5 Å². The van der Waals surface area contributed by atoms with Gasteiger partial charge in [-0.3, -0.25) is 5.41 Å². The molecule has 108 valence electrons. The average molecular weight is 314 g/mol. The molecule has 1 aliphatic heterocycles. The Hall–Kier alpha value is -1.46. The Morgan fingerprint density at radius 1 is 1.25 bits per heavy atom. The third kappa shape index (κ3) is 4.02. The molecule has 1 heterocycles. The summed E-state index contributed by atoms with van der Waals surface area (Å²) in [7, 11) is 0. The zero-order valence-corrected chi connectivity index (χ0v) is 12.5. The molecule has 5 nitrogen and oxygen atoms in total. The van der Waals surface area contributed by atoms with E-state index in [4.69, 9.17) is 34.3 Å². The average Bonchev–Trinajstić information content (AvgIpc) is 2.43. The van der Waals surface area contributed by atoms with E-state index in [1.165, 1.54) is 6.42 Å². The molecule has 0 spiro atoms. The Labute approximate surface area is 128 Å². The Morgan fingerprint density at radius 2 is 1.95 bits per heavy atom. The van der Waals surface area contributed by atoms with Crippen LogP contribution in [0.4, 0.5) is 5.69 Å². The zero-order valence-electron chi connectivity index (χ0n) is 11.0. The highest BCUT2D eigenvalue weighted by atomic mass is 35.5.